The van der Waals surface area contributed by atoms with Gasteiger partial charge in [0.2, 0.25) is 0 Å². The topological polar surface area (TPSA) is 42.2 Å². The third kappa shape index (κ3) is 2.72. The highest BCUT2D eigenvalue weighted by molar-refractivity contribution is 6.19. The molecule has 0 aromatic carbocycles. The largest absolute Gasteiger partial charge is 0.459 e. The zero-order chi connectivity index (χ0) is 13.2. The van der Waals surface area contributed by atoms with E-state index in [1.165, 1.54) is 6.42 Å². The van der Waals surface area contributed by atoms with E-state index in [1.54, 1.807) is 12.3 Å². The number of rotatable bonds is 3. The summed E-state index contributed by atoms with van der Waals surface area (Å²) in [5, 5.41) is 3.09. The molecule has 1 N–H and O–H groups in total. The van der Waals surface area contributed by atoms with Crippen molar-refractivity contribution in [1.29, 1.82) is 0 Å². The van der Waals surface area contributed by atoms with Crippen molar-refractivity contribution < 1.29 is 9.21 Å². The molecule has 1 aromatic rings. The number of hydrogen-bond acceptors (Lipinski definition) is 2. The van der Waals surface area contributed by atoms with Gasteiger partial charge in [-0.15, -0.1) is 11.6 Å². The molecule has 100 valence electrons. The van der Waals surface area contributed by atoms with E-state index in [9.17, 15) is 4.79 Å². The maximum atomic E-state index is 12.2. The van der Waals surface area contributed by atoms with Gasteiger partial charge in [0.15, 0.2) is 5.76 Å². The fourth-order valence-electron chi connectivity index (χ4n) is 2.83. The molecule has 4 heteroatoms. The van der Waals surface area contributed by atoms with E-state index in [0.29, 0.717) is 17.6 Å². The first-order chi connectivity index (χ1) is 8.56. The maximum Gasteiger partial charge on any atom is 0.287 e. The molecular weight excluding hydrogens is 250 g/mol. The molecule has 2 unspecified atom stereocenters. The molecule has 1 aliphatic rings. The van der Waals surface area contributed by atoms with Crippen LogP contribution in [0.25, 0.3) is 0 Å². The van der Waals surface area contributed by atoms with Gasteiger partial charge in [-0.3, -0.25) is 4.79 Å². The van der Waals surface area contributed by atoms with Gasteiger partial charge in [-0.25, -0.2) is 0 Å². The van der Waals surface area contributed by atoms with Crippen molar-refractivity contribution in [2.45, 2.75) is 45.1 Å². The van der Waals surface area contributed by atoms with Gasteiger partial charge in [-0.1, -0.05) is 19.8 Å². The van der Waals surface area contributed by atoms with E-state index in [0.717, 1.165) is 24.8 Å². The van der Waals surface area contributed by atoms with E-state index in [1.807, 2.05) is 6.92 Å². The molecular formula is C14H20ClNO2. The first-order valence-electron chi connectivity index (χ1n) is 6.49. The summed E-state index contributed by atoms with van der Waals surface area (Å²) in [5.41, 5.74) is 0.594. The number of hydrogen-bond donors (Lipinski definition) is 1. The quantitative estimate of drug-likeness (QED) is 0.854. The second kappa shape index (κ2) is 5.35. The summed E-state index contributed by atoms with van der Waals surface area (Å²) >= 11 is 6.10. The SMILES string of the molecule is Cc1ccoc1C(=O)NC1(CCl)CCCC(C)C1. The molecule has 0 bridgehead atoms. The monoisotopic (exact) mass is 269 g/mol. The Morgan fingerprint density at radius 1 is 1.67 bits per heavy atom. The fraction of sp³-hybridized carbons (Fsp3) is 0.643. The number of alkyl halides is 1. The summed E-state index contributed by atoms with van der Waals surface area (Å²) in [6.07, 6.45) is 5.77. The molecule has 1 saturated carbocycles. The minimum atomic E-state index is -0.268. The molecule has 1 aliphatic carbocycles. The van der Waals surface area contributed by atoms with Gasteiger partial charge in [0, 0.05) is 11.4 Å². The zero-order valence-electron chi connectivity index (χ0n) is 11.0. The molecule has 1 amide bonds. The summed E-state index contributed by atoms with van der Waals surface area (Å²) in [4.78, 5) is 12.2. The number of halogens is 1. The smallest absolute Gasteiger partial charge is 0.287 e. The number of carbonyl (C=O) groups is 1. The second-order valence-electron chi connectivity index (χ2n) is 5.50. The molecule has 1 heterocycles. The maximum absolute atomic E-state index is 12.2. The van der Waals surface area contributed by atoms with Crippen LogP contribution in [0, 0.1) is 12.8 Å². The second-order valence-corrected chi connectivity index (χ2v) is 5.77. The Morgan fingerprint density at radius 2 is 2.44 bits per heavy atom. The van der Waals surface area contributed by atoms with Gasteiger partial charge >= 0.3 is 0 Å². The molecule has 2 rings (SSSR count). The Hall–Kier alpha value is -0.960. The van der Waals surface area contributed by atoms with Crippen molar-refractivity contribution in [3.63, 3.8) is 0 Å². The summed E-state index contributed by atoms with van der Waals surface area (Å²) < 4.78 is 5.23. The lowest BCUT2D eigenvalue weighted by molar-refractivity contribution is 0.0838. The minimum absolute atomic E-state index is 0.146. The lowest BCUT2D eigenvalue weighted by Crippen LogP contribution is -2.52. The van der Waals surface area contributed by atoms with Crippen LogP contribution in [-0.4, -0.2) is 17.3 Å². The first kappa shape index (κ1) is 13.5. The molecule has 3 nitrogen and oxygen atoms in total. The van der Waals surface area contributed by atoms with Gasteiger partial charge in [0.25, 0.3) is 5.91 Å². The molecule has 1 fully saturated rings. The van der Waals surface area contributed by atoms with Crippen LogP contribution in [0.3, 0.4) is 0 Å². The third-order valence-corrected chi connectivity index (χ3v) is 4.31. The molecule has 0 aliphatic heterocycles. The summed E-state index contributed by atoms with van der Waals surface area (Å²) in [6, 6.07) is 1.80. The van der Waals surface area contributed by atoms with Gasteiger partial charge in [-0.05, 0) is 31.7 Å². The van der Waals surface area contributed by atoms with E-state index in [2.05, 4.69) is 12.2 Å². The predicted octanol–water partition coefficient (Wildman–Crippen LogP) is 3.51. The lowest BCUT2D eigenvalue weighted by Gasteiger charge is -2.39. The third-order valence-electron chi connectivity index (χ3n) is 3.79. The molecule has 2 atom stereocenters. The Kier molecular flexibility index (Phi) is 4.00. The van der Waals surface area contributed by atoms with Crippen LogP contribution >= 0.6 is 11.6 Å². The average Bonchev–Trinajstić information content (AvgIpc) is 2.75. The summed E-state index contributed by atoms with van der Waals surface area (Å²) in [6.45, 7) is 4.08. The van der Waals surface area contributed by atoms with E-state index < -0.39 is 0 Å². The van der Waals surface area contributed by atoms with Crippen LogP contribution in [0.1, 0.15) is 48.7 Å². The predicted molar refractivity (Wildman–Crippen MR) is 72.0 cm³/mol. The number of furan rings is 1. The van der Waals surface area contributed by atoms with Crippen molar-refractivity contribution in [2.75, 3.05) is 5.88 Å². The van der Waals surface area contributed by atoms with Crippen molar-refractivity contribution in [1.82, 2.24) is 5.32 Å². The van der Waals surface area contributed by atoms with Gasteiger partial charge in [0.05, 0.1) is 11.8 Å². The molecule has 0 radical (unpaired) electrons. The van der Waals surface area contributed by atoms with Crippen LogP contribution in [-0.2, 0) is 0 Å². The first-order valence-corrected chi connectivity index (χ1v) is 7.02. The lowest BCUT2D eigenvalue weighted by atomic mass is 9.77. The Bertz CT molecular complexity index is 429. The van der Waals surface area contributed by atoms with Crippen molar-refractivity contribution in [3.05, 3.63) is 23.7 Å². The van der Waals surface area contributed by atoms with E-state index >= 15 is 0 Å². The van der Waals surface area contributed by atoms with Crippen LogP contribution in [0.4, 0.5) is 0 Å². The minimum Gasteiger partial charge on any atom is -0.459 e. The van der Waals surface area contributed by atoms with Gasteiger partial charge in [-0.2, -0.15) is 0 Å². The van der Waals surface area contributed by atoms with Crippen molar-refractivity contribution in [3.8, 4) is 0 Å². The van der Waals surface area contributed by atoms with Crippen molar-refractivity contribution in [2.24, 2.45) is 5.92 Å². The van der Waals surface area contributed by atoms with Crippen LogP contribution in [0.5, 0.6) is 0 Å². The molecule has 18 heavy (non-hydrogen) atoms. The molecule has 1 aromatic heterocycles. The highest BCUT2D eigenvalue weighted by atomic mass is 35.5. The van der Waals surface area contributed by atoms with Crippen LogP contribution in [0.15, 0.2) is 16.7 Å². The molecule has 0 spiro atoms. The Balaban J connectivity index is 2.11. The number of aryl methyl sites for hydroxylation is 1. The molecule has 0 saturated heterocycles. The average molecular weight is 270 g/mol. The summed E-state index contributed by atoms with van der Waals surface area (Å²) in [7, 11) is 0. The summed E-state index contributed by atoms with van der Waals surface area (Å²) in [5.74, 6) is 1.32. The Morgan fingerprint density at radius 3 is 3.00 bits per heavy atom. The van der Waals surface area contributed by atoms with Crippen LogP contribution in [0.2, 0.25) is 0 Å². The number of carbonyl (C=O) groups excluding carboxylic acids is 1. The fourth-order valence-corrected chi connectivity index (χ4v) is 3.14. The highest BCUT2D eigenvalue weighted by Crippen LogP contribution is 2.33. The Labute approximate surface area is 113 Å². The van der Waals surface area contributed by atoms with E-state index in [4.69, 9.17) is 16.0 Å². The standard InChI is InChI=1S/C14H20ClNO2/c1-10-4-3-6-14(8-10,9-15)16-13(17)12-11(2)5-7-18-12/h5,7,10H,3-4,6,8-9H2,1-2H3,(H,16,17). The normalized spacial score (nSPS) is 28.1. The van der Waals surface area contributed by atoms with Gasteiger partial charge in [0.1, 0.15) is 0 Å². The highest BCUT2D eigenvalue weighted by Gasteiger charge is 2.36. The van der Waals surface area contributed by atoms with Crippen LogP contribution < -0.4 is 5.32 Å². The van der Waals surface area contributed by atoms with Gasteiger partial charge < -0.3 is 9.73 Å². The zero-order valence-corrected chi connectivity index (χ0v) is 11.7. The van der Waals surface area contributed by atoms with E-state index in [-0.39, 0.29) is 11.4 Å². The number of amides is 1. The number of nitrogens with one attached hydrogen (secondary N) is 1. The van der Waals surface area contributed by atoms with Crippen molar-refractivity contribution >= 4 is 17.5 Å².